The number of rotatable bonds is 2. The first-order valence-corrected chi connectivity index (χ1v) is 8.82. The first-order valence-electron chi connectivity index (χ1n) is 8.03. The Bertz CT molecular complexity index is 721. The number of nitrogens with zero attached hydrogens (tertiary/aromatic N) is 2. The van der Waals surface area contributed by atoms with Crippen LogP contribution in [-0.2, 0) is 0 Å². The van der Waals surface area contributed by atoms with E-state index in [1.54, 1.807) is 0 Å². The highest BCUT2D eigenvalue weighted by molar-refractivity contribution is 9.10. The van der Waals surface area contributed by atoms with E-state index in [2.05, 4.69) is 31.9 Å². The largest absolute Gasteiger partial charge is 0.337 e. The molecule has 1 N–H and O–H groups in total. The summed E-state index contributed by atoms with van der Waals surface area (Å²) in [6.07, 6.45) is 1.01. The monoisotopic (exact) mass is 411 g/mol. The third-order valence-corrected chi connectivity index (χ3v) is 5.05. The summed E-state index contributed by atoms with van der Waals surface area (Å²) >= 11 is 3.61. The molecule has 0 aliphatic carbocycles. The average Bonchev–Trinajstić information content (AvgIpc) is 2.74. The van der Waals surface area contributed by atoms with Gasteiger partial charge in [0.1, 0.15) is 0 Å². The molecule has 1 aromatic heterocycles. The van der Waals surface area contributed by atoms with Gasteiger partial charge in [-0.2, -0.15) is 0 Å². The summed E-state index contributed by atoms with van der Waals surface area (Å²) in [5.41, 5.74) is 3.95. The van der Waals surface area contributed by atoms with Crippen LogP contribution in [0.5, 0.6) is 0 Å². The third-order valence-electron chi connectivity index (χ3n) is 4.38. The van der Waals surface area contributed by atoms with E-state index in [1.165, 1.54) is 0 Å². The number of para-hydroxylation sites is 1. The Hall–Kier alpha value is -1.30. The van der Waals surface area contributed by atoms with Gasteiger partial charge in [-0.25, -0.2) is 0 Å². The predicted molar refractivity (Wildman–Crippen MR) is 104 cm³/mol. The SMILES string of the molecule is Cc1cc(C(=O)N2CCCNCC2)c(C)n1-c1ccccc1Br.Cl. The summed E-state index contributed by atoms with van der Waals surface area (Å²) in [6.45, 7) is 7.53. The van der Waals surface area contributed by atoms with E-state index in [1.807, 2.05) is 43.0 Å². The van der Waals surface area contributed by atoms with Gasteiger partial charge >= 0.3 is 0 Å². The Morgan fingerprint density at radius 3 is 2.67 bits per heavy atom. The van der Waals surface area contributed by atoms with Gasteiger partial charge in [0.05, 0.1) is 11.3 Å². The molecule has 0 spiro atoms. The second-order valence-electron chi connectivity index (χ2n) is 5.97. The van der Waals surface area contributed by atoms with Crippen LogP contribution in [0, 0.1) is 13.8 Å². The van der Waals surface area contributed by atoms with Crippen molar-refractivity contribution in [2.24, 2.45) is 0 Å². The summed E-state index contributed by atoms with van der Waals surface area (Å²) in [6, 6.07) is 10.1. The maximum Gasteiger partial charge on any atom is 0.255 e. The van der Waals surface area contributed by atoms with Gasteiger partial charge in [0.15, 0.2) is 0 Å². The number of benzene rings is 1. The van der Waals surface area contributed by atoms with Gasteiger partial charge in [0, 0.05) is 35.5 Å². The molecule has 24 heavy (non-hydrogen) atoms. The molecule has 1 amide bonds. The average molecular weight is 413 g/mol. The maximum absolute atomic E-state index is 12.9. The number of aryl methyl sites for hydroxylation is 1. The van der Waals surface area contributed by atoms with E-state index in [0.29, 0.717) is 0 Å². The van der Waals surface area contributed by atoms with E-state index in [9.17, 15) is 4.79 Å². The van der Waals surface area contributed by atoms with Crippen LogP contribution in [0.1, 0.15) is 28.2 Å². The quantitative estimate of drug-likeness (QED) is 0.816. The van der Waals surface area contributed by atoms with Crippen molar-refractivity contribution in [1.82, 2.24) is 14.8 Å². The van der Waals surface area contributed by atoms with Crippen LogP contribution in [0.4, 0.5) is 0 Å². The van der Waals surface area contributed by atoms with Crippen molar-refractivity contribution in [3.05, 3.63) is 51.8 Å². The molecule has 1 aliphatic rings. The van der Waals surface area contributed by atoms with E-state index in [-0.39, 0.29) is 18.3 Å². The zero-order chi connectivity index (χ0) is 16.4. The molecule has 6 heteroatoms. The van der Waals surface area contributed by atoms with Crippen LogP contribution < -0.4 is 5.32 Å². The summed E-state index contributed by atoms with van der Waals surface area (Å²) in [5, 5.41) is 3.34. The molecule has 1 aliphatic heterocycles. The second kappa shape index (κ2) is 8.19. The van der Waals surface area contributed by atoms with Gasteiger partial charge < -0.3 is 14.8 Å². The zero-order valence-corrected chi connectivity index (χ0v) is 16.4. The molecule has 0 saturated carbocycles. The van der Waals surface area contributed by atoms with Gasteiger partial charge in [-0.15, -0.1) is 12.4 Å². The predicted octanol–water partition coefficient (Wildman–Crippen LogP) is 3.71. The third kappa shape index (κ3) is 3.68. The van der Waals surface area contributed by atoms with E-state index >= 15 is 0 Å². The van der Waals surface area contributed by atoms with Gasteiger partial charge in [-0.3, -0.25) is 4.79 Å². The van der Waals surface area contributed by atoms with E-state index < -0.39 is 0 Å². The molecule has 2 heterocycles. The lowest BCUT2D eigenvalue weighted by molar-refractivity contribution is 0.0765. The highest BCUT2D eigenvalue weighted by atomic mass is 79.9. The molecule has 130 valence electrons. The molecule has 2 aromatic rings. The Labute approximate surface area is 157 Å². The fourth-order valence-electron chi connectivity index (χ4n) is 3.20. The lowest BCUT2D eigenvalue weighted by Crippen LogP contribution is -2.34. The van der Waals surface area contributed by atoms with Crippen LogP contribution in [-0.4, -0.2) is 41.6 Å². The minimum atomic E-state index is 0. The van der Waals surface area contributed by atoms with Crippen LogP contribution in [0.15, 0.2) is 34.8 Å². The smallest absolute Gasteiger partial charge is 0.255 e. The van der Waals surface area contributed by atoms with Crippen molar-refractivity contribution in [2.45, 2.75) is 20.3 Å². The fraction of sp³-hybridized carbons (Fsp3) is 0.389. The molecule has 0 atom stereocenters. The number of hydrogen-bond acceptors (Lipinski definition) is 2. The Kier molecular flexibility index (Phi) is 6.49. The number of aromatic nitrogens is 1. The molecule has 0 bridgehead atoms. The van der Waals surface area contributed by atoms with Crippen LogP contribution in [0.2, 0.25) is 0 Å². The topological polar surface area (TPSA) is 37.3 Å². The highest BCUT2D eigenvalue weighted by Gasteiger charge is 2.22. The number of carbonyl (C=O) groups is 1. The Balaban J connectivity index is 0.00000208. The lowest BCUT2D eigenvalue weighted by Gasteiger charge is -2.20. The molecule has 1 fully saturated rings. The van der Waals surface area contributed by atoms with Gasteiger partial charge in [0.25, 0.3) is 5.91 Å². The van der Waals surface area contributed by atoms with Crippen molar-refractivity contribution < 1.29 is 4.79 Å². The van der Waals surface area contributed by atoms with Gasteiger partial charge in [0.2, 0.25) is 0 Å². The van der Waals surface area contributed by atoms with Crippen LogP contribution in [0.3, 0.4) is 0 Å². The summed E-state index contributed by atoms with van der Waals surface area (Å²) < 4.78 is 3.17. The number of hydrogen-bond donors (Lipinski definition) is 1. The van der Waals surface area contributed by atoms with Crippen molar-refractivity contribution >= 4 is 34.2 Å². The number of amides is 1. The van der Waals surface area contributed by atoms with Gasteiger partial charge in [-0.05, 0) is 60.9 Å². The lowest BCUT2D eigenvalue weighted by atomic mass is 10.2. The first kappa shape index (κ1) is 19.0. The minimum Gasteiger partial charge on any atom is -0.337 e. The van der Waals surface area contributed by atoms with Crippen molar-refractivity contribution in [3.8, 4) is 5.69 Å². The number of carbonyl (C=O) groups excluding carboxylic acids is 1. The first-order chi connectivity index (χ1) is 11.1. The Morgan fingerprint density at radius 2 is 1.92 bits per heavy atom. The van der Waals surface area contributed by atoms with Crippen LogP contribution >= 0.6 is 28.3 Å². The molecule has 3 rings (SSSR count). The second-order valence-corrected chi connectivity index (χ2v) is 6.82. The van der Waals surface area contributed by atoms with Crippen molar-refractivity contribution in [3.63, 3.8) is 0 Å². The highest BCUT2D eigenvalue weighted by Crippen LogP contribution is 2.27. The molecule has 4 nitrogen and oxygen atoms in total. The summed E-state index contributed by atoms with van der Waals surface area (Å²) in [5.74, 6) is 0.139. The summed E-state index contributed by atoms with van der Waals surface area (Å²) in [7, 11) is 0. The Morgan fingerprint density at radius 1 is 1.17 bits per heavy atom. The molecule has 1 saturated heterocycles. The van der Waals surface area contributed by atoms with Crippen molar-refractivity contribution in [1.29, 1.82) is 0 Å². The summed E-state index contributed by atoms with van der Waals surface area (Å²) in [4.78, 5) is 14.9. The minimum absolute atomic E-state index is 0. The molecular weight excluding hydrogens is 390 g/mol. The van der Waals surface area contributed by atoms with Crippen molar-refractivity contribution in [2.75, 3.05) is 26.2 Å². The fourth-order valence-corrected chi connectivity index (χ4v) is 3.66. The zero-order valence-electron chi connectivity index (χ0n) is 14.0. The molecule has 0 radical (unpaired) electrons. The van der Waals surface area contributed by atoms with E-state index in [0.717, 1.165) is 59.7 Å². The standard InChI is InChI=1S/C18H22BrN3O.ClH/c1-13-12-15(18(23)21-10-5-8-20-9-11-21)14(2)22(13)17-7-4-3-6-16(17)19;/h3-4,6-7,12,20H,5,8-11H2,1-2H3;1H. The molecular formula is C18H23BrClN3O. The van der Waals surface area contributed by atoms with Crippen LogP contribution in [0.25, 0.3) is 5.69 Å². The molecule has 0 unspecified atom stereocenters. The van der Waals surface area contributed by atoms with Gasteiger partial charge in [-0.1, -0.05) is 12.1 Å². The number of nitrogens with one attached hydrogen (secondary N) is 1. The maximum atomic E-state index is 12.9. The number of halogens is 2. The van der Waals surface area contributed by atoms with E-state index in [4.69, 9.17) is 0 Å². The normalized spacial score (nSPS) is 14.9. The molecule has 1 aromatic carbocycles.